The number of nitrogens with zero attached hydrogens (tertiary/aromatic N) is 4. The Kier molecular flexibility index (Phi) is 9.07. The van der Waals surface area contributed by atoms with Crippen molar-refractivity contribution in [1.82, 2.24) is 19.7 Å². The summed E-state index contributed by atoms with van der Waals surface area (Å²) in [6.45, 7) is 1.45. The Labute approximate surface area is 172 Å². The van der Waals surface area contributed by atoms with E-state index in [4.69, 9.17) is 0 Å². The molecule has 7 heteroatoms. The van der Waals surface area contributed by atoms with Crippen molar-refractivity contribution < 1.29 is 4.39 Å². The Morgan fingerprint density at radius 3 is 2.35 bits per heavy atom. The topological polar surface area (TPSA) is 35.8 Å². The first kappa shape index (κ1) is 22.4. The number of guanidine groups is 1. The Morgan fingerprint density at radius 2 is 1.85 bits per heavy atom. The van der Waals surface area contributed by atoms with Crippen LogP contribution in [0, 0.1) is 5.82 Å². The lowest BCUT2D eigenvalue weighted by Gasteiger charge is -2.28. The normalized spacial score (nSPS) is 12.7. The molecule has 0 saturated carbocycles. The number of nitrogens with one attached hydrogen (secondary N) is 1. The molecule has 26 heavy (non-hydrogen) atoms. The molecule has 0 aliphatic heterocycles. The van der Waals surface area contributed by atoms with Gasteiger partial charge in [0, 0.05) is 39.6 Å². The molecule has 0 saturated heterocycles. The fourth-order valence-electron chi connectivity index (χ4n) is 2.83. The zero-order valence-corrected chi connectivity index (χ0v) is 18.4. The molecular formula is C19H29FIN5. The van der Waals surface area contributed by atoms with Crippen LogP contribution in [0.2, 0.25) is 0 Å². The summed E-state index contributed by atoms with van der Waals surface area (Å²) in [5.41, 5.74) is 2.28. The van der Waals surface area contributed by atoms with Gasteiger partial charge < -0.3 is 19.7 Å². The van der Waals surface area contributed by atoms with E-state index < -0.39 is 0 Å². The van der Waals surface area contributed by atoms with Gasteiger partial charge in [-0.05, 0) is 43.9 Å². The lowest BCUT2D eigenvalue weighted by atomic mass is 10.1. The summed E-state index contributed by atoms with van der Waals surface area (Å²) in [7, 11) is 9.88. The standard InChI is InChI=1S/C19H28FN5.HI/c1-21-19(25(5)14-17-7-6-12-24(17)4)22-13-18(23(2)3)15-8-10-16(20)11-9-15;/h6-12,18H,13-14H2,1-5H3,(H,21,22);1H. The molecule has 1 unspecified atom stereocenters. The van der Waals surface area contributed by atoms with E-state index in [1.807, 2.05) is 52.6 Å². The zero-order valence-electron chi connectivity index (χ0n) is 16.1. The highest BCUT2D eigenvalue weighted by Crippen LogP contribution is 2.18. The molecule has 1 heterocycles. The van der Waals surface area contributed by atoms with Crippen LogP contribution in [0.15, 0.2) is 47.6 Å². The van der Waals surface area contributed by atoms with Gasteiger partial charge in [-0.1, -0.05) is 12.1 Å². The Balaban J connectivity index is 0.00000338. The smallest absolute Gasteiger partial charge is 0.193 e. The second-order valence-electron chi connectivity index (χ2n) is 6.43. The average molecular weight is 473 g/mol. The van der Waals surface area contributed by atoms with Crippen LogP contribution in [-0.4, -0.2) is 55.1 Å². The maximum Gasteiger partial charge on any atom is 0.193 e. The van der Waals surface area contributed by atoms with Gasteiger partial charge >= 0.3 is 0 Å². The van der Waals surface area contributed by atoms with Gasteiger partial charge in [-0.15, -0.1) is 24.0 Å². The fourth-order valence-corrected chi connectivity index (χ4v) is 2.83. The SMILES string of the molecule is CN=C(NCC(c1ccc(F)cc1)N(C)C)N(C)Cc1cccn1C.I. The molecule has 2 rings (SSSR count). The second-order valence-corrected chi connectivity index (χ2v) is 6.43. The van der Waals surface area contributed by atoms with Crippen LogP contribution in [0.1, 0.15) is 17.3 Å². The van der Waals surface area contributed by atoms with Crippen molar-refractivity contribution in [3.63, 3.8) is 0 Å². The van der Waals surface area contributed by atoms with E-state index in [1.165, 1.54) is 17.8 Å². The van der Waals surface area contributed by atoms with Crippen LogP contribution in [-0.2, 0) is 13.6 Å². The van der Waals surface area contributed by atoms with Crippen molar-refractivity contribution in [2.75, 3.05) is 34.7 Å². The molecule has 0 aliphatic rings. The number of rotatable bonds is 6. The van der Waals surface area contributed by atoms with E-state index in [0.717, 1.165) is 18.1 Å². The Hall–Kier alpha value is -1.61. The second kappa shape index (κ2) is 10.5. The molecular weight excluding hydrogens is 444 g/mol. The van der Waals surface area contributed by atoms with Crippen molar-refractivity contribution in [2.24, 2.45) is 12.0 Å². The van der Waals surface area contributed by atoms with Crippen LogP contribution in [0.5, 0.6) is 0 Å². The summed E-state index contributed by atoms with van der Waals surface area (Å²) < 4.78 is 15.3. The molecule has 0 radical (unpaired) electrons. The minimum absolute atomic E-state index is 0. The van der Waals surface area contributed by atoms with E-state index in [-0.39, 0.29) is 35.8 Å². The third-order valence-electron chi connectivity index (χ3n) is 4.36. The quantitative estimate of drug-likeness (QED) is 0.398. The summed E-state index contributed by atoms with van der Waals surface area (Å²) in [6, 6.07) is 10.9. The average Bonchev–Trinajstić information content (AvgIpc) is 2.97. The largest absolute Gasteiger partial charge is 0.354 e. The van der Waals surface area contributed by atoms with Crippen molar-refractivity contribution in [3.8, 4) is 0 Å². The highest BCUT2D eigenvalue weighted by atomic mass is 127. The maximum atomic E-state index is 13.2. The van der Waals surface area contributed by atoms with Gasteiger partial charge in [0.2, 0.25) is 0 Å². The molecule has 5 nitrogen and oxygen atoms in total. The monoisotopic (exact) mass is 473 g/mol. The molecule has 0 bridgehead atoms. The summed E-state index contributed by atoms with van der Waals surface area (Å²) in [4.78, 5) is 8.59. The van der Waals surface area contributed by atoms with Crippen molar-refractivity contribution in [3.05, 3.63) is 59.7 Å². The minimum atomic E-state index is -0.215. The van der Waals surface area contributed by atoms with Crippen molar-refractivity contribution >= 4 is 29.9 Å². The van der Waals surface area contributed by atoms with Gasteiger partial charge in [0.1, 0.15) is 5.82 Å². The van der Waals surface area contributed by atoms with Crippen molar-refractivity contribution in [1.29, 1.82) is 0 Å². The van der Waals surface area contributed by atoms with Gasteiger partial charge in [0.15, 0.2) is 5.96 Å². The third-order valence-corrected chi connectivity index (χ3v) is 4.36. The lowest BCUT2D eigenvalue weighted by Crippen LogP contribution is -2.42. The number of benzene rings is 1. The van der Waals surface area contributed by atoms with Crippen LogP contribution in [0.3, 0.4) is 0 Å². The number of aryl methyl sites for hydroxylation is 1. The van der Waals surface area contributed by atoms with E-state index in [1.54, 1.807) is 7.05 Å². The van der Waals surface area contributed by atoms with Crippen LogP contribution >= 0.6 is 24.0 Å². The van der Waals surface area contributed by atoms with Gasteiger partial charge in [0.25, 0.3) is 0 Å². The van der Waals surface area contributed by atoms with E-state index in [9.17, 15) is 4.39 Å². The molecule has 0 aliphatic carbocycles. The first-order valence-electron chi connectivity index (χ1n) is 8.36. The van der Waals surface area contributed by atoms with Crippen molar-refractivity contribution in [2.45, 2.75) is 12.6 Å². The summed E-state index contributed by atoms with van der Waals surface area (Å²) in [6.07, 6.45) is 2.04. The maximum absolute atomic E-state index is 13.2. The van der Waals surface area contributed by atoms with Gasteiger partial charge in [-0.3, -0.25) is 4.99 Å². The summed E-state index contributed by atoms with van der Waals surface area (Å²) in [5, 5.41) is 3.43. The number of hydrogen-bond donors (Lipinski definition) is 1. The highest BCUT2D eigenvalue weighted by Gasteiger charge is 2.16. The number of likely N-dealkylation sites (N-methyl/N-ethyl adjacent to an activating group) is 1. The number of aliphatic imine (C=N–C) groups is 1. The molecule has 2 aromatic rings. The number of aromatic nitrogens is 1. The predicted octanol–water partition coefficient (Wildman–Crippen LogP) is 3.09. The molecule has 1 atom stereocenters. The van der Waals surface area contributed by atoms with Crippen LogP contribution in [0.4, 0.5) is 4.39 Å². The highest BCUT2D eigenvalue weighted by molar-refractivity contribution is 14.0. The molecule has 1 aromatic carbocycles. The predicted molar refractivity (Wildman–Crippen MR) is 116 cm³/mol. The number of halogens is 2. The van der Waals surface area contributed by atoms with Gasteiger partial charge in [-0.2, -0.15) is 0 Å². The molecule has 1 aromatic heterocycles. The fraction of sp³-hybridized carbons (Fsp3) is 0.421. The van der Waals surface area contributed by atoms with Crippen LogP contribution in [0.25, 0.3) is 0 Å². The van der Waals surface area contributed by atoms with E-state index >= 15 is 0 Å². The molecule has 0 fully saturated rings. The zero-order chi connectivity index (χ0) is 18.4. The molecule has 1 N–H and O–H groups in total. The van der Waals surface area contributed by atoms with Gasteiger partial charge in [-0.25, -0.2) is 4.39 Å². The Morgan fingerprint density at radius 1 is 1.19 bits per heavy atom. The van der Waals surface area contributed by atoms with Crippen LogP contribution < -0.4 is 5.32 Å². The summed E-state index contributed by atoms with van der Waals surface area (Å²) in [5.74, 6) is 0.613. The molecule has 144 valence electrons. The van der Waals surface area contributed by atoms with E-state index in [0.29, 0.717) is 6.54 Å². The first-order valence-corrected chi connectivity index (χ1v) is 8.36. The molecule has 0 spiro atoms. The van der Waals surface area contributed by atoms with Gasteiger partial charge in [0.05, 0.1) is 12.6 Å². The first-order chi connectivity index (χ1) is 11.9. The third kappa shape index (κ3) is 5.98. The lowest BCUT2D eigenvalue weighted by molar-refractivity contribution is 0.295. The summed E-state index contributed by atoms with van der Waals surface area (Å²) >= 11 is 0. The Bertz CT molecular complexity index is 696. The minimum Gasteiger partial charge on any atom is -0.354 e. The molecule has 0 amide bonds. The number of hydrogen-bond acceptors (Lipinski definition) is 2. The van der Waals surface area contributed by atoms with E-state index in [2.05, 4.69) is 30.7 Å².